The van der Waals surface area contributed by atoms with Crippen LogP contribution in [0.4, 0.5) is 5.69 Å². The molecule has 0 unspecified atom stereocenters. The second-order valence-electron chi connectivity index (χ2n) is 5.75. The van der Waals surface area contributed by atoms with Gasteiger partial charge in [-0.15, -0.1) is 11.3 Å². The quantitative estimate of drug-likeness (QED) is 0.751. The topological polar surface area (TPSA) is 54.9 Å². The molecule has 0 radical (unpaired) electrons. The number of amides is 1. The van der Waals surface area contributed by atoms with E-state index in [9.17, 15) is 4.79 Å². The summed E-state index contributed by atoms with van der Waals surface area (Å²) in [4.78, 5) is 20.8. The van der Waals surface area contributed by atoms with Crippen molar-refractivity contribution in [3.05, 3.63) is 64.9 Å². The first-order valence-electron chi connectivity index (χ1n) is 7.84. The summed E-state index contributed by atoms with van der Waals surface area (Å²) < 4.78 is 0. The summed E-state index contributed by atoms with van der Waals surface area (Å²) in [6.45, 7) is 4.05. The largest absolute Gasteiger partial charge is 0.326 e. The highest BCUT2D eigenvalue weighted by atomic mass is 32.1. The van der Waals surface area contributed by atoms with Gasteiger partial charge in [0.15, 0.2) is 0 Å². The molecule has 1 amide bonds. The molecule has 0 atom stereocenters. The molecule has 1 aromatic carbocycles. The third-order valence-electron chi connectivity index (χ3n) is 3.72. The fourth-order valence-corrected chi connectivity index (χ4v) is 3.30. The number of carbonyl (C=O) groups is 1. The van der Waals surface area contributed by atoms with Crippen LogP contribution in [0.25, 0.3) is 10.6 Å². The summed E-state index contributed by atoms with van der Waals surface area (Å²) in [6, 6.07) is 9.90. The Labute approximate surface area is 145 Å². The molecule has 24 heavy (non-hydrogen) atoms. The molecule has 0 saturated carbocycles. The molecule has 0 aliphatic carbocycles. The van der Waals surface area contributed by atoms with E-state index in [-0.39, 0.29) is 5.91 Å². The van der Waals surface area contributed by atoms with Crippen molar-refractivity contribution in [2.45, 2.75) is 26.7 Å². The van der Waals surface area contributed by atoms with Crippen molar-refractivity contribution in [2.75, 3.05) is 5.32 Å². The van der Waals surface area contributed by atoms with Crippen LogP contribution < -0.4 is 5.32 Å². The highest BCUT2D eigenvalue weighted by molar-refractivity contribution is 7.13. The summed E-state index contributed by atoms with van der Waals surface area (Å²) in [5, 5.41) is 5.92. The molecule has 4 nitrogen and oxygen atoms in total. The number of aryl methyl sites for hydroxylation is 3. The first-order valence-corrected chi connectivity index (χ1v) is 8.72. The van der Waals surface area contributed by atoms with Gasteiger partial charge in [-0.3, -0.25) is 9.78 Å². The zero-order valence-electron chi connectivity index (χ0n) is 13.7. The molecule has 3 aromatic rings. The number of pyridine rings is 1. The predicted molar refractivity (Wildman–Crippen MR) is 98.2 cm³/mol. The van der Waals surface area contributed by atoms with Gasteiger partial charge in [0.25, 0.3) is 0 Å². The number of nitrogens with one attached hydrogen (secondary N) is 1. The third kappa shape index (κ3) is 4.06. The Hall–Kier alpha value is -2.53. The average Bonchev–Trinajstić information content (AvgIpc) is 3.05. The third-order valence-corrected chi connectivity index (χ3v) is 4.66. The smallest absolute Gasteiger partial charge is 0.224 e. The maximum atomic E-state index is 12.2. The van der Waals surface area contributed by atoms with Crippen molar-refractivity contribution in [3.8, 4) is 10.6 Å². The van der Waals surface area contributed by atoms with Gasteiger partial charge < -0.3 is 5.32 Å². The number of aromatic nitrogens is 2. The minimum atomic E-state index is 0.0119. The summed E-state index contributed by atoms with van der Waals surface area (Å²) in [5.41, 5.74) is 5.09. The fourth-order valence-electron chi connectivity index (χ4n) is 2.45. The Morgan fingerprint density at radius 1 is 1.25 bits per heavy atom. The van der Waals surface area contributed by atoms with E-state index in [1.165, 1.54) is 5.56 Å². The van der Waals surface area contributed by atoms with E-state index < -0.39 is 0 Å². The first-order chi connectivity index (χ1) is 11.6. The molecule has 2 aromatic heterocycles. The molecule has 1 N–H and O–H groups in total. The number of nitrogens with zero attached hydrogens (tertiary/aromatic N) is 2. The maximum Gasteiger partial charge on any atom is 0.224 e. The molecule has 0 aliphatic heterocycles. The Morgan fingerprint density at radius 2 is 2.12 bits per heavy atom. The lowest BCUT2D eigenvalue weighted by Crippen LogP contribution is -2.13. The number of carbonyl (C=O) groups excluding carboxylic acids is 1. The van der Waals surface area contributed by atoms with Gasteiger partial charge in [0.05, 0.1) is 5.69 Å². The fraction of sp³-hybridized carbons (Fsp3) is 0.211. The minimum Gasteiger partial charge on any atom is -0.326 e. The lowest BCUT2D eigenvalue weighted by atomic mass is 10.1. The Morgan fingerprint density at radius 3 is 2.88 bits per heavy atom. The zero-order chi connectivity index (χ0) is 16.9. The molecular formula is C19H19N3OS. The van der Waals surface area contributed by atoms with Crippen LogP contribution in [0, 0.1) is 13.8 Å². The summed E-state index contributed by atoms with van der Waals surface area (Å²) in [5.74, 6) is 0.0119. The number of hydrogen-bond donors (Lipinski definition) is 1. The molecule has 0 fully saturated rings. The number of benzene rings is 1. The highest BCUT2D eigenvalue weighted by Gasteiger charge is 2.09. The van der Waals surface area contributed by atoms with Crippen LogP contribution in [0.15, 0.2) is 48.1 Å². The lowest BCUT2D eigenvalue weighted by Gasteiger charge is -2.08. The minimum absolute atomic E-state index is 0.0119. The van der Waals surface area contributed by atoms with E-state index in [2.05, 4.69) is 21.4 Å². The standard InChI is InChI=1S/C19H19N3OS/c1-13-5-7-17(14(2)10-13)22-18(23)8-6-16-12-24-19(21-16)15-4-3-9-20-11-15/h3-5,7,9-12H,6,8H2,1-2H3,(H,22,23). The van der Waals surface area contributed by atoms with E-state index >= 15 is 0 Å². The highest BCUT2D eigenvalue weighted by Crippen LogP contribution is 2.23. The SMILES string of the molecule is Cc1ccc(NC(=O)CCc2csc(-c3cccnc3)n2)c(C)c1. The number of anilines is 1. The normalized spacial score (nSPS) is 10.6. The predicted octanol–water partition coefficient (Wildman–Crippen LogP) is 4.39. The van der Waals surface area contributed by atoms with Crippen LogP contribution in [0.3, 0.4) is 0 Å². The molecule has 122 valence electrons. The monoisotopic (exact) mass is 337 g/mol. The van der Waals surface area contributed by atoms with Gasteiger partial charge in [-0.1, -0.05) is 17.7 Å². The van der Waals surface area contributed by atoms with Crippen molar-refractivity contribution in [3.63, 3.8) is 0 Å². The maximum absolute atomic E-state index is 12.2. The molecule has 3 rings (SSSR count). The number of rotatable bonds is 5. The van der Waals surface area contributed by atoms with Gasteiger partial charge in [0, 0.05) is 35.4 Å². The van der Waals surface area contributed by atoms with Crippen molar-refractivity contribution in [1.29, 1.82) is 0 Å². The molecule has 5 heteroatoms. The first kappa shape index (κ1) is 16.3. The second-order valence-corrected chi connectivity index (χ2v) is 6.61. The summed E-state index contributed by atoms with van der Waals surface area (Å²) >= 11 is 1.58. The molecule has 0 spiro atoms. The van der Waals surface area contributed by atoms with Gasteiger partial charge in [-0.05, 0) is 44.0 Å². The van der Waals surface area contributed by atoms with Crippen LogP contribution in [-0.2, 0) is 11.2 Å². The van der Waals surface area contributed by atoms with Crippen molar-refractivity contribution in [1.82, 2.24) is 9.97 Å². The van der Waals surface area contributed by atoms with Gasteiger partial charge in [0.1, 0.15) is 5.01 Å². The van der Waals surface area contributed by atoms with Gasteiger partial charge in [-0.25, -0.2) is 4.98 Å². The number of thiazole rings is 1. The average molecular weight is 337 g/mol. The van der Waals surface area contributed by atoms with Crippen LogP contribution in [0.5, 0.6) is 0 Å². The van der Waals surface area contributed by atoms with Crippen LogP contribution >= 0.6 is 11.3 Å². The lowest BCUT2D eigenvalue weighted by molar-refractivity contribution is -0.116. The van der Waals surface area contributed by atoms with Crippen molar-refractivity contribution in [2.24, 2.45) is 0 Å². The zero-order valence-corrected chi connectivity index (χ0v) is 14.6. The van der Waals surface area contributed by atoms with E-state index in [4.69, 9.17) is 0 Å². The molecule has 2 heterocycles. The molecule has 0 aliphatic rings. The Bertz CT molecular complexity index is 843. The van der Waals surface area contributed by atoms with E-state index in [0.717, 1.165) is 27.5 Å². The van der Waals surface area contributed by atoms with Crippen LogP contribution in [0.1, 0.15) is 23.2 Å². The van der Waals surface area contributed by atoms with E-state index in [1.807, 2.05) is 43.5 Å². The van der Waals surface area contributed by atoms with Gasteiger partial charge in [0.2, 0.25) is 5.91 Å². The number of hydrogen-bond acceptors (Lipinski definition) is 4. The van der Waals surface area contributed by atoms with Gasteiger partial charge in [-0.2, -0.15) is 0 Å². The summed E-state index contributed by atoms with van der Waals surface area (Å²) in [6.07, 6.45) is 4.60. The molecule has 0 bridgehead atoms. The van der Waals surface area contributed by atoms with Crippen molar-refractivity contribution >= 4 is 22.9 Å². The Kier molecular flexibility index (Phi) is 5.01. The molecular weight excluding hydrogens is 318 g/mol. The summed E-state index contributed by atoms with van der Waals surface area (Å²) in [7, 11) is 0. The van der Waals surface area contributed by atoms with Gasteiger partial charge >= 0.3 is 0 Å². The molecule has 0 saturated heterocycles. The van der Waals surface area contributed by atoms with Crippen molar-refractivity contribution < 1.29 is 4.79 Å². The van der Waals surface area contributed by atoms with Crippen LogP contribution in [0.2, 0.25) is 0 Å². The van der Waals surface area contributed by atoms with E-state index in [1.54, 1.807) is 23.7 Å². The van der Waals surface area contributed by atoms with E-state index in [0.29, 0.717) is 12.8 Å². The Balaban J connectivity index is 1.58. The second kappa shape index (κ2) is 7.36. The van der Waals surface area contributed by atoms with Crippen LogP contribution in [-0.4, -0.2) is 15.9 Å².